The average Bonchev–Trinajstić information content (AvgIpc) is 3.19. The van der Waals surface area contributed by atoms with E-state index in [0.29, 0.717) is 5.75 Å². The molecule has 0 bridgehead atoms. The fourth-order valence-corrected chi connectivity index (χ4v) is 3.35. The van der Waals surface area contributed by atoms with Gasteiger partial charge in [-0.25, -0.2) is 4.79 Å². The zero-order chi connectivity index (χ0) is 18.0. The normalized spacial score (nSPS) is 19.8. The van der Waals surface area contributed by atoms with Crippen molar-refractivity contribution in [2.75, 3.05) is 13.2 Å². The summed E-state index contributed by atoms with van der Waals surface area (Å²) >= 11 is 1.45. The number of thiophene rings is 1. The molecule has 1 aliphatic heterocycles. The molecule has 1 aromatic carbocycles. The minimum Gasteiger partial charge on any atom is -0.491 e. The summed E-state index contributed by atoms with van der Waals surface area (Å²) < 4.78 is 5.44. The maximum atomic E-state index is 12.6. The SMILES string of the molecule is CC1(c2ccsc2)NC(=O)N(CCOc2cccc([N+](=O)[O-])c2)C1=O. The monoisotopic (exact) mass is 361 g/mol. The number of carbonyl (C=O) groups is 2. The molecule has 0 spiro atoms. The van der Waals surface area contributed by atoms with E-state index in [9.17, 15) is 19.7 Å². The molecular weight excluding hydrogens is 346 g/mol. The van der Waals surface area contributed by atoms with Crippen molar-refractivity contribution < 1.29 is 19.2 Å². The van der Waals surface area contributed by atoms with Gasteiger partial charge in [0.15, 0.2) is 0 Å². The zero-order valence-corrected chi connectivity index (χ0v) is 14.1. The number of urea groups is 1. The van der Waals surface area contributed by atoms with E-state index >= 15 is 0 Å². The number of amides is 3. The Kier molecular flexibility index (Phi) is 4.41. The molecule has 1 N–H and O–H groups in total. The summed E-state index contributed by atoms with van der Waals surface area (Å²) in [5.41, 5.74) is -0.432. The molecule has 1 saturated heterocycles. The summed E-state index contributed by atoms with van der Waals surface area (Å²) in [6.45, 7) is 1.75. The lowest BCUT2D eigenvalue weighted by atomic mass is 9.95. The van der Waals surface area contributed by atoms with Crippen LogP contribution in [0.25, 0.3) is 0 Å². The Bertz CT molecular complexity index is 823. The van der Waals surface area contributed by atoms with E-state index in [4.69, 9.17) is 4.74 Å². The van der Waals surface area contributed by atoms with Crippen LogP contribution in [0, 0.1) is 10.1 Å². The summed E-state index contributed by atoms with van der Waals surface area (Å²) in [4.78, 5) is 36.1. The van der Waals surface area contributed by atoms with Crippen molar-refractivity contribution in [3.05, 3.63) is 56.8 Å². The second-order valence-corrected chi connectivity index (χ2v) is 6.41. The van der Waals surface area contributed by atoms with Gasteiger partial charge >= 0.3 is 6.03 Å². The van der Waals surface area contributed by atoms with E-state index in [1.807, 2.05) is 10.8 Å². The zero-order valence-electron chi connectivity index (χ0n) is 13.3. The third-order valence-electron chi connectivity index (χ3n) is 3.99. The van der Waals surface area contributed by atoms with Gasteiger partial charge in [0.2, 0.25) is 0 Å². The number of benzene rings is 1. The molecule has 9 heteroatoms. The summed E-state index contributed by atoms with van der Waals surface area (Å²) in [5, 5.41) is 17.1. The minimum atomic E-state index is -1.08. The van der Waals surface area contributed by atoms with Crippen LogP contribution < -0.4 is 10.1 Å². The van der Waals surface area contributed by atoms with Gasteiger partial charge in [0, 0.05) is 6.07 Å². The van der Waals surface area contributed by atoms with Gasteiger partial charge in [0.1, 0.15) is 17.9 Å². The Morgan fingerprint density at radius 2 is 2.16 bits per heavy atom. The third kappa shape index (κ3) is 3.18. The van der Waals surface area contributed by atoms with Crippen LogP contribution >= 0.6 is 11.3 Å². The highest BCUT2D eigenvalue weighted by atomic mass is 32.1. The number of nitrogens with one attached hydrogen (secondary N) is 1. The molecular formula is C16H15N3O5S. The van der Waals surface area contributed by atoms with Crippen molar-refractivity contribution in [2.24, 2.45) is 0 Å². The van der Waals surface area contributed by atoms with Crippen LogP contribution in [0.4, 0.5) is 10.5 Å². The standard InChI is InChI=1S/C16H15N3O5S/c1-16(11-5-8-25-10-11)14(20)18(15(21)17-16)6-7-24-13-4-2-3-12(9-13)19(22)23/h2-5,8-10H,6-7H2,1H3,(H,17,21). The molecule has 1 unspecified atom stereocenters. The average molecular weight is 361 g/mol. The number of imide groups is 1. The number of nitro groups is 1. The van der Waals surface area contributed by atoms with Crippen LogP contribution in [0.15, 0.2) is 41.1 Å². The van der Waals surface area contributed by atoms with Gasteiger partial charge in [0.25, 0.3) is 11.6 Å². The van der Waals surface area contributed by atoms with Crippen LogP contribution in [0.5, 0.6) is 5.75 Å². The van der Waals surface area contributed by atoms with Gasteiger partial charge in [-0.15, -0.1) is 0 Å². The Morgan fingerprint density at radius 1 is 1.36 bits per heavy atom. The van der Waals surface area contributed by atoms with Crippen molar-refractivity contribution in [1.82, 2.24) is 10.2 Å². The number of hydrogen-bond acceptors (Lipinski definition) is 6. The maximum absolute atomic E-state index is 12.6. The Balaban J connectivity index is 1.64. The van der Waals surface area contributed by atoms with Gasteiger partial charge in [0.05, 0.1) is 17.5 Å². The van der Waals surface area contributed by atoms with Gasteiger partial charge in [-0.2, -0.15) is 11.3 Å². The molecule has 3 rings (SSSR count). The van der Waals surface area contributed by atoms with Crippen LogP contribution in [0.3, 0.4) is 0 Å². The van der Waals surface area contributed by atoms with E-state index in [1.54, 1.807) is 19.1 Å². The lowest BCUT2D eigenvalue weighted by molar-refractivity contribution is -0.384. The van der Waals surface area contributed by atoms with Crippen molar-refractivity contribution in [1.29, 1.82) is 0 Å². The second kappa shape index (κ2) is 6.52. The van der Waals surface area contributed by atoms with Gasteiger partial charge in [-0.3, -0.25) is 19.8 Å². The van der Waals surface area contributed by atoms with Crippen molar-refractivity contribution in [2.45, 2.75) is 12.5 Å². The first-order valence-corrected chi connectivity index (χ1v) is 8.40. The molecule has 8 nitrogen and oxygen atoms in total. The molecule has 2 aromatic rings. The van der Waals surface area contributed by atoms with Gasteiger partial charge in [-0.05, 0) is 35.4 Å². The summed E-state index contributed by atoms with van der Waals surface area (Å²) in [6.07, 6.45) is 0. The predicted molar refractivity (Wildman–Crippen MR) is 90.5 cm³/mol. The number of rotatable bonds is 6. The fraction of sp³-hybridized carbons (Fsp3) is 0.250. The molecule has 3 amide bonds. The van der Waals surface area contributed by atoms with Crippen LogP contribution in [-0.2, 0) is 10.3 Å². The number of nitro benzene ring substituents is 1. The highest BCUT2D eigenvalue weighted by Crippen LogP contribution is 2.30. The first-order valence-electron chi connectivity index (χ1n) is 7.46. The molecule has 1 aliphatic rings. The van der Waals surface area contributed by atoms with E-state index < -0.39 is 16.5 Å². The molecule has 25 heavy (non-hydrogen) atoms. The quantitative estimate of drug-likeness (QED) is 0.484. The lowest BCUT2D eigenvalue weighted by Crippen LogP contribution is -2.41. The summed E-state index contributed by atoms with van der Waals surface area (Å²) in [5.74, 6) is -0.0413. The van der Waals surface area contributed by atoms with E-state index in [2.05, 4.69) is 5.32 Å². The molecule has 1 atom stereocenters. The molecule has 130 valence electrons. The largest absolute Gasteiger partial charge is 0.491 e. The topological polar surface area (TPSA) is 102 Å². The first-order chi connectivity index (χ1) is 11.9. The lowest BCUT2D eigenvalue weighted by Gasteiger charge is -2.20. The Hall–Kier alpha value is -2.94. The van der Waals surface area contributed by atoms with Crippen molar-refractivity contribution in [3.63, 3.8) is 0 Å². The maximum Gasteiger partial charge on any atom is 0.325 e. The molecule has 0 saturated carbocycles. The summed E-state index contributed by atoms with van der Waals surface area (Å²) in [6, 6.07) is 7.05. The predicted octanol–water partition coefficient (Wildman–Crippen LogP) is 2.50. The van der Waals surface area contributed by atoms with Crippen LogP contribution in [-0.4, -0.2) is 34.9 Å². The number of nitrogens with zero attached hydrogens (tertiary/aromatic N) is 2. The first kappa shape index (κ1) is 16.9. The minimum absolute atomic E-state index is 0.0417. The number of non-ortho nitro benzene ring substituents is 1. The summed E-state index contributed by atoms with van der Waals surface area (Å²) in [7, 11) is 0. The van der Waals surface area contributed by atoms with Gasteiger partial charge in [-0.1, -0.05) is 6.07 Å². The molecule has 1 aromatic heterocycles. The molecule has 0 radical (unpaired) electrons. The molecule has 2 heterocycles. The van der Waals surface area contributed by atoms with Crippen molar-refractivity contribution >= 4 is 29.0 Å². The fourth-order valence-electron chi connectivity index (χ4n) is 2.59. The number of hydrogen-bond donors (Lipinski definition) is 1. The van der Waals surface area contributed by atoms with Crippen LogP contribution in [0.1, 0.15) is 12.5 Å². The Morgan fingerprint density at radius 3 is 2.84 bits per heavy atom. The van der Waals surface area contributed by atoms with Crippen LogP contribution in [0.2, 0.25) is 0 Å². The van der Waals surface area contributed by atoms with E-state index in [1.165, 1.54) is 29.5 Å². The molecule has 0 aliphatic carbocycles. The smallest absolute Gasteiger partial charge is 0.325 e. The number of ether oxygens (including phenoxy) is 1. The van der Waals surface area contributed by atoms with E-state index in [-0.39, 0.29) is 24.7 Å². The van der Waals surface area contributed by atoms with Gasteiger partial charge < -0.3 is 10.1 Å². The highest BCUT2D eigenvalue weighted by Gasteiger charge is 2.48. The Labute approximate surface area is 147 Å². The highest BCUT2D eigenvalue weighted by molar-refractivity contribution is 7.08. The number of carbonyl (C=O) groups excluding carboxylic acids is 2. The van der Waals surface area contributed by atoms with E-state index in [0.717, 1.165) is 10.5 Å². The molecule has 1 fully saturated rings. The second-order valence-electron chi connectivity index (χ2n) is 5.63. The van der Waals surface area contributed by atoms with Crippen molar-refractivity contribution in [3.8, 4) is 5.75 Å². The third-order valence-corrected chi connectivity index (χ3v) is 4.67.